The molecule has 0 unspecified atom stereocenters. The molecule has 1 aliphatic heterocycles. The predicted molar refractivity (Wildman–Crippen MR) is 65.9 cm³/mol. The first-order valence-corrected chi connectivity index (χ1v) is 7.24. The van der Waals surface area contributed by atoms with E-state index in [1.807, 2.05) is 0 Å². The smallest absolute Gasteiger partial charge is 0.0855 e. The Balaban J connectivity index is 2.00. The van der Waals surface area contributed by atoms with E-state index in [9.17, 15) is 0 Å². The fourth-order valence-corrected chi connectivity index (χ4v) is 2.03. The summed E-state index contributed by atoms with van der Waals surface area (Å²) in [6.07, 6.45) is 13.6. The monoisotopic (exact) mass is 262 g/mol. The van der Waals surface area contributed by atoms with Crippen LogP contribution in [0, 0.1) is 0 Å². The van der Waals surface area contributed by atoms with Crippen LogP contribution in [0.4, 0.5) is 0 Å². The third-order valence-electron chi connectivity index (χ3n) is 3.11. The third kappa shape index (κ3) is 10.9. The Bertz CT molecular complexity index is 90.4. The van der Waals surface area contributed by atoms with E-state index in [4.69, 9.17) is 9.78 Å². The van der Waals surface area contributed by atoms with Gasteiger partial charge < -0.3 is 0 Å². The molecule has 5 heteroatoms. The van der Waals surface area contributed by atoms with E-state index in [0.29, 0.717) is 13.2 Å². The molecule has 108 valence electrons. The van der Waals surface area contributed by atoms with Gasteiger partial charge in [-0.05, 0) is 28.0 Å². The molecule has 0 N–H and O–H groups in total. The summed E-state index contributed by atoms with van der Waals surface area (Å²) in [6, 6.07) is 0. The summed E-state index contributed by atoms with van der Waals surface area (Å²) >= 11 is 0. The summed E-state index contributed by atoms with van der Waals surface area (Å²) in [5, 5.41) is 12.9. The van der Waals surface area contributed by atoms with Gasteiger partial charge in [0.25, 0.3) is 0 Å². The molecule has 0 aromatic heterocycles. The van der Waals surface area contributed by atoms with Crippen molar-refractivity contribution in [1.82, 2.24) is 0 Å². The molecular weight excluding hydrogens is 236 g/mol. The summed E-state index contributed by atoms with van der Waals surface area (Å²) in [7, 11) is 0. The molecule has 0 radical (unpaired) electrons. The number of hydrogen-bond acceptors (Lipinski definition) is 5. The highest BCUT2D eigenvalue weighted by Gasteiger charge is 1.97. The van der Waals surface area contributed by atoms with Crippen LogP contribution in [0.5, 0.6) is 0 Å². The molecule has 1 rings (SSSR count). The molecule has 1 heterocycles. The SMILES string of the molecule is C1CCCCCCOOOOOCCCCCC1. The summed E-state index contributed by atoms with van der Waals surface area (Å²) in [6.45, 7) is 1.03. The minimum absolute atomic E-state index is 0.517. The average Bonchev–Trinajstić information content (AvgIpc) is 2.39. The van der Waals surface area contributed by atoms with Gasteiger partial charge in [0.15, 0.2) is 0 Å². The molecular formula is C13H26O5. The van der Waals surface area contributed by atoms with Gasteiger partial charge >= 0.3 is 0 Å². The third-order valence-corrected chi connectivity index (χ3v) is 3.11. The highest BCUT2D eigenvalue weighted by molar-refractivity contribution is 4.48. The molecule has 0 spiro atoms. The normalized spacial score (nSPS) is 24.0. The van der Waals surface area contributed by atoms with E-state index in [-0.39, 0.29) is 0 Å². The van der Waals surface area contributed by atoms with E-state index in [2.05, 4.69) is 15.1 Å². The second kappa shape index (κ2) is 13.2. The highest BCUT2D eigenvalue weighted by atomic mass is 17.8. The van der Waals surface area contributed by atoms with Crippen molar-refractivity contribution in [2.24, 2.45) is 0 Å². The van der Waals surface area contributed by atoms with Gasteiger partial charge in [0.05, 0.1) is 13.2 Å². The van der Waals surface area contributed by atoms with Crippen molar-refractivity contribution in [1.29, 1.82) is 0 Å². The maximum absolute atomic E-state index is 4.75. The van der Waals surface area contributed by atoms with E-state index < -0.39 is 0 Å². The van der Waals surface area contributed by atoms with Crippen LogP contribution in [0.3, 0.4) is 0 Å². The molecule has 0 bridgehead atoms. The fourth-order valence-electron chi connectivity index (χ4n) is 2.03. The van der Waals surface area contributed by atoms with Crippen LogP contribution in [0.2, 0.25) is 0 Å². The zero-order chi connectivity index (χ0) is 12.7. The van der Waals surface area contributed by atoms with Crippen molar-refractivity contribution in [3.63, 3.8) is 0 Å². The fraction of sp³-hybridized carbons (Fsp3) is 1.00. The summed E-state index contributed by atoms with van der Waals surface area (Å²) < 4.78 is 0. The second-order valence-electron chi connectivity index (χ2n) is 4.74. The summed E-state index contributed by atoms with van der Waals surface area (Å²) in [4.78, 5) is 9.50. The maximum Gasteiger partial charge on any atom is 0.0855 e. The van der Waals surface area contributed by atoms with Crippen LogP contribution in [0.1, 0.15) is 70.6 Å². The van der Waals surface area contributed by atoms with E-state index >= 15 is 0 Å². The Morgan fingerprint density at radius 1 is 0.333 bits per heavy atom. The van der Waals surface area contributed by atoms with Crippen LogP contribution < -0.4 is 0 Å². The Morgan fingerprint density at radius 2 is 0.667 bits per heavy atom. The van der Waals surface area contributed by atoms with Gasteiger partial charge in [-0.25, -0.2) is 9.78 Å². The van der Waals surface area contributed by atoms with Crippen molar-refractivity contribution < 1.29 is 24.9 Å². The van der Waals surface area contributed by atoms with Crippen LogP contribution in [-0.2, 0) is 24.9 Å². The molecule has 1 aliphatic rings. The van der Waals surface area contributed by atoms with Crippen molar-refractivity contribution >= 4 is 0 Å². The predicted octanol–water partition coefficient (Wildman–Crippen LogP) is 4.03. The van der Waals surface area contributed by atoms with Gasteiger partial charge in [0, 0.05) is 0 Å². The Kier molecular flexibility index (Phi) is 11.7. The Hall–Kier alpha value is -0.200. The van der Waals surface area contributed by atoms with Gasteiger partial charge in [-0.2, -0.15) is 0 Å². The molecule has 0 atom stereocenters. The molecule has 18 heavy (non-hydrogen) atoms. The van der Waals surface area contributed by atoms with Crippen molar-refractivity contribution in [3.05, 3.63) is 0 Å². The number of rotatable bonds is 0. The minimum Gasteiger partial charge on any atom is -0.204 e. The minimum atomic E-state index is 0.517. The average molecular weight is 262 g/mol. The van der Waals surface area contributed by atoms with E-state index in [1.54, 1.807) is 0 Å². The highest BCUT2D eigenvalue weighted by Crippen LogP contribution is 2.11. The molecule has 5 nitrogen and oxygen atoms in total. The first-order valence-electron chi connectivity index (χ1n) is 7.24. The Morgan fingerprint density at radius 3 is 1.06 bits per heavy atom. The van der Waals surface area contributed by atoms with Gasteiger partial charge in [-0.1, -0.05) is 57.8 Å². The molecule has 0 aliphatic carbocycles. The van der Waals surface area contributed by atoms with Crippen molar-refractivity contribution in [2.75, 3.05) is 13.2 Å². The standard InChI is InChI=1S/C13H26O5/c1-2-4-6-8-10-12-14-16-18-17-15-13-11-9-7-5-3-1/h1-13H2. The molecule has 1 fully saturated rings. The van der Waals surface area contributed by atoms with E-state index in [1.165, 1.54) is 57.8 Å². The van der Waals surface area contributed by atoms with Crippen LogP contribution in [0.25, 0.3) is 0 Å². The van der Waals surface area contributed by atoms with Crippen LogP contribution in [0.15, 0.2) is 0 Å². The lowest BCUT2D eigenvalue weighted by atomic mass is 10.1. The molecule has 1 saturated heterocycles. The van der Waals surface area contributed by atoms with Crippen molar-refractivity contribution in [3.8, 4) is 0 Å². The lowest BCUT2D eigenvalue weighted by Crippen LogP contribution is -2.02. The first kappa shape index (κ1) is 15.9. The number of hydrogen-bond donors (Lipinski definition) is 0. The largest absolute Gasteiger partial charge is 0.204 e. The first-order chi connectivity index (χ1) is 9.00. The van der Waals surface area contributed by atoms with Crippen LogP contribution in [-0.4, -0.2) is 13.2 Å². The lowest BCUT2D eigenvalue weighted by molar-refractivity contribution is -0.708. The zero-order valence-corrected chi connectivity index (χ0v) is 11.2. The maximum atomic E-state index is 4.75. The van der Waals surface area contributed by atoms with Crippen molar-refractivity contribution in [2.45, 2.75) is 70.6 Å². The summed E-state index contributed by atoms with van der Waals surface area (Å²) in [5.41, 5.74) is 0. The van der Waals surface area contributed by atoms with E-state index in [0.717, 1.165) is 12.8 Å². The second-order valence-corrected chi connectivity index (χ2v) is 4.74. The molecule has 0 saturated carbocycles. The summed E-state index contributed by atoms with van der Waals surface area (Å²) in [5.74, 6) is 0. The van der Waals surface area contributed by atoms with Crippen LogP contribution >= 0.6 is 0 Å². The van der Waals surface area contributed by atoms with Gasteiger partial charge in [-0.3, -0.25) is 0 Å². The Labute approximate surface area is 109 Å². The van der Waals surface area contributed by atoms with Gasteiger partial charge in [0.1, 0.15) is 0 Å². The molecule has 0 amide bonds. The quantitative estimate of drug-likeness (QED) is 0.617. The van der Waals surface area contributed by atoms with Gasteiger partial charge in [0.2, 0.25) is 0 Å². The molecule has 0 aromatic carbocycles. The van der Waals surface area contributed by atoms with Gasteiger partial charge in [-0.15, -0.1) is 0 Å². The lowest BCUT2D eigenvalue weighted by Gasteiger charge is -2.05. The zero-order valence-electron chi connectivity index (χ0n) is 11.2. The molecule has 0 aromatic rings. The topological polar surface area (TPSA) is 46.2 Å².